The van der Waals surface area contributed by atoms with Gasteiger partial charge in [0.1, 0.15) is 0 Å². The van der Waals surface area contributed by atoms with Gasteiger partial charge in [-0.3, -0.25) is 0 Å². The van der Waals surface area contributed by atoms with E-state index in [-0.39, 0.29) is 0 Å². The van der Waals surface area contributed by atoms with E-state index in [9.17, 15) is 4.39 Å². The van der Waals surface area contributed by atoms with Gasteiger partial charge >= 0.3 is 0 Å². The summed E-state index contributed by atoms with van der Waals surface area (Å²) >= 11 is 0. The molecule has 0 saturated heterocycles. The molecule has 0 rings (SSSR count). The lowest BCUT2D eigenvalue weighted by atomic mass is 10.2. The van der Waals surface area contributed by atoms with E-state index in [2.05, 4.69) is 18.7 Å². The first-order valence-corrected chi connectivity index (χ1v) is 3.88. The third-order valence-electron chi connectivity index (χ3n) is 1.76. The quantitative estimate of drug-likeness (QED) is 0.588. The molecule has 1 unspecified atom stereocenters. The van der Waals surface area contributed by atoms with Crippen LogP contribution in [0.4, 0.5) is 4.39 Å². The van der Waals surface area contributed by atoms with Crippen LogP contribution in [0, 0.1) is 0 Å². The fraction of sp³-hybridized carbons (Fsp3) is 1.00. The Hall–Kier alpha value is -0.110. The molecule has 0 aliphatic heterocycles. The zero-order valence-electron chi connectivity index (χ0n) is 7.39. The van der Waals surface area contributed by atoms with Crippen molar-refractivity contribution in [3.63, 3.8) is 0 Å². The Labute approximate surface area is 63.2 Å². The summed E-state index contributed by atoms with van der Waals surface area (Å²) in [7, 11) is 2.02. The SMILES string of the molecule is CC(F)CCN(C)C(C)C. The minimum Gasteiger partial charge on any atom is -0.304 e. The molecule has 0 saturated carbocycles. The summed E-state index contributed by atoms with van der Waals surface area (Å²) < 4.78 is 12.3. The van der Waals surface area contributed by atoms with Crippen LogP contribution < -0.4 is 0 Å². The fourth-order valence-corrected chi connectivity index (χ4v) is 0.640. The molecule has 0 N–H and O–H groups in total. The molecule has 62 valence electrons. The van der Waals surface area contributed by atoms with Gasteiger partial charge in [0.15, 0.2) is 0 Å². The maximum atomic E-state index is 12.3. The Morgan fingerprint density at radius 2 is 1.80 bits per heavy atom. The van der Waals surface area contributed by atoms with Gasteiger partial charge in [0.05, 0.1) is 6.17 Å². The largest absolute Gasteiger partial charge is 0.304 e. The minimum absolute atomic E-state index is 0.527. The number of hydrogen-bond acceptors (Lipinski definition) is 1. The molecule has 0 spiro atoms. The molecule has 0 fully saturated rings. The highest BCUT2D eigenvalue weighted by Crippen LogP contribution is 2.00. The maximum absolute atomic E-state index is 12.3. The monoisotopic (exact) mass is 147 g/mol. The van der Waals surface area contributed by atoms with Gasteiger partial charge in [0.25, 0.3) is 0 Å². The Morgan fingerprint density at radius 1 is 1.30 bits per heavy atom. The summed E-state index contributed by atoms with van der Waals surface area (Å²) in [6.07, 6.45) is -0.0181. The Balaban J connectivity index is 3.30. The predicted molar refractivity (Wildman–Crippen MR) is 43.0 cm³/mol. The van der Waals surface area contributed by atoms with Crippen LogP contribution in [0.5, 0.6) is 0 Å². The van der Waals surface area contributed by atoms with Crippen molar-refractivity contribution >= 4 is 0 Å². The van der Waals surface area contributed by atoms with E-state index in [0.717, 1.165) is 6.54 Å². The van der Waals surface area contributed by atoms with Crippen LogP contribution >= 0.6 is 0 Å². The highest BCUT2D eigenvalue weighted by atomic mass is 19.1. The summed E-state index contributed by atoms with van der Waals surface area (Å²) in [4.78, 5) is 2.15. The zero-order chi connectivity index (χ0) is 8.15. The molecule has 0 aliphatic rings. The predicted octanol–water partition coefficient (Wildman–Crippen LogP) is 2.07. The summed E-state index contributed by atoms with van der Waals surface area (Å²) in [6, 6.07) is 0.527. The third-order valence-corrected chi connectivity index (χ3v) is 1.76. The van der Waals surface area contributed by atoms with Crippen molar-refractivity contribution in [2.45, 2.75) is 39.4 Å². The van der Waals surface area contributed by atoms with Gasteiger partial charge < -0.3 is 4.90 Å². The second kappa shape index (κ2) is 4.67. The molecule has 2 heteroatoms. The van der Waals surface area contributed by atoms with Crippen LogP contribution in [-0.2, 0) is 0 Å². The second-order valence-corrected chi connectivity index (χ2v) is 3.14. The van der Waals surface area contributed by atoms with E-state index in [4.69, 9.17) is 0 Å². The number of rotatable bonds is 4. The highest BCUT2D eigenvalue weighted by Gasteiger charge is 2.04. The van der Waals surface area contributed by atoms with Gasteiger partial charge in [-0.25, -0.2) is 4.39 Å². The molecule has 0 aliphatic carbocycles. The van der Waals surface area contributed by atoms with Gasteiger partial charge in [-0.15, -0.1) is 0 Å². The van der Waals surface area contributed by atoms with Crippen molar-refractivity contribution in [3.05, 3.63) is 0 Å². The average Bonchev–Trinajstić information content (AvgIpc) is 1.82. The first kappa shape index (κ1) is 9.89. The third kappa shape index (κ3) is 4.74. The van der Waals surface area contributed by atoms with Crippen LogP contribution in [0.2, 0.25) is 0 Å². The number of nitrogens with zero attached hydrogens (tertiary/aromatic N) is 1. The first-order chi connectivity index (χ1) is 4.54. The van der Waals surface area contributed by atoms with E-state index in [1.807, 2.05) is 7.05 Å². The summed E-state index contributed by atoms with van der Waals surface area (Å²) in [5, 5.41) is 0. The lowest BCUT2D eigenvalue weighted by Crippen LogP contribution is -2.28. The Bertz CT molecular complexity index is 81.3. The number of halogens is 1. The molecule has 0 amide bonds. The van der Waals surface area contributed by atoms with E-state index in [1.54, 1.807) is 6.92 Å². The summed E-state index contributed by atoms with van der Waals surface area (Å²) in [5.74, 6) is 0. The van der Waals surface area contributed by atoms with Crippen LogP contribution in [0.25, 0.3) is 0 Å². The van der Waals surface area contributed by atoms with E-state index >= 15 is 0 Å². The highest BCUT2D eigenvalue weighted by molar-refractivity contribution is 4.58. The maximum Gasteiger partial charge on any atom is 0.0985 e. The van der Waals surface area contributed by atoms with Crippen molar-refractivity contribution in [2.75, 3.05) is 13.6 Å². The number of hydrogen-bond donors (Lipinski definition) is 0. The standard InChI is InChI=1S/C8H18FN/c1-7(2)10(4)6-5-8(3)9/h7-8H,5-6H2,1-4H3. The van der Waals surface area contributed by atoms with Crippen molar-refractivity contribution in [1.82, 2.24) is 4.90 Å². The first-order valence-electron chi connectivity index (χ1n) is 3.88. The van der Waals surface area contributed by atoms with Gasteiger partial charge in [-0.05, 0) is 34.2 Å². The average molecular weight is 147 g/mol. The molecule has 0 radical (unpaired) electrons. The molecule has 1 nitrogen and oxygen atoms in total. The van der Waals surface area contributed by atoms with Crippen molar-refractivity contribution in [2.24, 2.45) is 0 Å². The van der Waals surface area contributed by atoms with Crippen molar-refractivity contribution in [3.8, 4) is 0 Å². The van der Waals surface area contributed by atoms with Crippen LogP contribution in [-0.4, -0.2) is 30.7 Å². The Kier molecular flexibility index (Phi) is 4.62. The topological polar surface area (TPSA) is 3.24 Å². The lowest BCUT2D eigenvalue weighted by molar-refractivity contribution is 0.232. The van der Waals surface area contributed by atoms with Crippen LogP contribution in [0.3, 0.4) is 0 Å². The van der Waals surface area contributed by atoms with Crippen molar-refractivity contribution in [1.29, 1.82) is 0 Å². The normalized spacial score (nSPS) is 14.7. The molecule has 0 aromatic carbocycles. The molecule has 0 aromatic rings. The van der Waals surface area contributed by atoms with Gasteiger partial charge in [0, 0.05) is 12.6 Å². The smallest absolute Gasteiger partial charge is 0.0985 e. The minimum atomic E-state index is -0.666. The molecule has 1 atom stereocenters. The molecular formula is C8H18FN. The van der Waals surface area contributed by atoms with E-state index in [1.165, 1.54) is 0 Å². The summed E-state index contributed by atoms with van der Waals surface area (Å²) in [6.45, 7) is 6.69. The zero-order valence-corrected chi connectivity index (χ0v) is 7.39. The van der Waals surface area contributed by atoms with E-state index in [0.29, 0.717) is 12.5 Å². The molecule has 0 heterocycles. The van der Waals surface area contributed by atoms with Gasteiger partial charge in [-0.1, -0.05) is 0 Å². The van der Waals surface area contributed by atoms with E-state index < -0.39 is 6.17 Å². The van der Waals surface area contributed by atoms with Crippen molar-refractivity contribution < 1.29 is 4.39 Å². The van der Waals surface area contributed by atoms with Gasteiger partial charge in [0.2, 0.25) is 0 Å². The molecule has 0 aromatic heterocycles. The Morgan fingerprint density at radius 3 is 2.10 bits per heavy atom. The fourth-order valence-electron chi connectivity index (χ4n) is 0.640. The summed E-state index contributed by atoms with van der Waals surface area (Å²) in [5.41, 5.74) is 0. The molecule has 0 bridgehead atoms. The van der Waals surface area contributed by atoms with Crippen LogP contribution in [0.15, 0.2) is 0 Å². The molecular weight excluding hydrogens is 129 g/mol. The van der Waals surface area contributed by atoms with Crippen LogP contribution in [0.1, 0.15) is 27.2 Å². The molecule has 10 heavy (non-hydrogen) atoms. The lowest BCUT2D eigenvalue weighted by Gasteiger charge is -2.20. The van der Waals surface area contributed by atoms with Gasteiger partial charge in [-0.2, -0.15) is 0 Å². The second-order valence-electron chi connectivity index (χ2n) is 3.14. The number of alkyl halides is 1.